The molecule has 2 N–H and O–H groups in total. The van der Waals surface area contributed by atoms with Crippen LogP contribution in [0.3, 0.4) is 0 Å². The van der Waals surface area contributed by atoms with Gasteiger partial charge in [0, 0.05) is 30.1 Å². The smallest absolute Gasteiger partial charge is 0.272 e. The average Bonchev–Trinajstić information content (AvgIpc) is 2.56. The zero-order valence-corrected chi connectivity index (χ0v) is 13.7. The van der Waals surface area contributed by atoms with Gasteiger partial charge in [0.05, 0.1) is 4.92 Å². The third-order valence-corrected chi connectivity index (χ3v) is 3.64. The zero-order valence-electron chi connectivity index (χ0n) is 13.7. The van der Waals surface area contributed by atoms with Crippen molar-refractivity contribution in [3.05, 3.63) is 57.3 Å². The number of aromatic nitrogens is 1. The van der Waals surface area contributed by atoms with Crippen LogP contribution in [0.1, 0.15) is 30.5 Å². The van der Waals surface area contributed by atoms with Crippen molar-refractivity contribution in [3.63, 3.8) is 0 Å². The Morgan fingerprint density at radius 2 is 2.04 bits per heavy atom. The van der Waals surface area contributed by atoms with Crippen molar-refractivity contribution in [1.29, 1.82) is 0 Å². The third kappa shape index (κ3) is 4.04. The first kappa shape index (κ1) is 16.9. The highest BCUT2D eigenvalue weighted by Gasteiger charge is 2.12. The van der Waals surface area contributed by atoms with Crippen LogP contribution in [0.5, 0.6) is 0 Å². The molecule has 122 valence electrons. The number of benzene rings is 1. The van der Waals surface area contributed by atoms with Crippen LogP contribution in [0.25, 0.3) is 0 Å². The lowest BCUT2D eigenvalue weighted by atomic mass is 10.0. The maximum Gasteiger partial charge on any atom is 0.272 e. The van der Waals surface area contributed by atoms with E-state index in [0.29, 0.717) is 5.56 Å². The van der Waals surface area contributed by atoms with E-state index in [1.54, 1.807) is 19.1 Å². The minimum Gasteiger partial charge on any atom is -0.340 e. The molecule has 6 heteroatoms. The molecule has 2 heterocycles. The largest absolute Gasteiger partial charge is 0.340 e. The van der Waals surface area contributed by atoms with Crippen molar-refractivity contribution < 1.29 is 4.92 Å². The Labute approximate surface area is 136 Å². The van der Waals surface area contributed by atoms with Crippen molar-refractivity contribution in [2.45, 2.75) is 33.7 Å². The van der Waals surface area contributed by atoms with Gasteiger partial charge >= 0.3 is 0 Å². The van der Waals surface area contributed by atoms with E-state index < -0.39 is 0 Å². The monoisotopic (exact) mass is 314 g/mol. The fourth-order valence-electron chi connectivity index (χ4n) is 2.52. The second kappa shape index (κ2) is 7.69. The number of pyridine rings is 1. The molecule has 1 aromatic carbocycles. The van der Waals surface area contributed by atoms with Gasteiger partial charge in [0.25, 0.3) is 5.69 Å². The van der Waals surface area contributed by atoms with E-state index in [9.17, 15) is 10.1 Å². The van der Waals surface area contributed by atoms with Crippen LogP contribution >= 0.6 is 0 Å². The predicted molar refractivity (Wildman–Crippen MR) is 92.1 cm³/mol. The Hall–Kier alpha value is -2.47. The lowest BCUT2D eigenvalue weighted by Gasteiger charge is -2.17. The topological polar surface area (TPSA) is 80.1 Å². The quantitative estimate of drug-likeness (QED) is 0.667. The minimum atomic E-state index is -0.373. The van der Waals surface area contributed by atoms with Crippen molar-refractivity contribution in [2.75, 3.05) is 11.9 Å². The fourth-order valence-corrected chi connectivity index (χ4v) is 2.52. The second-order valence-electron chi connectivity index (χ2n) is 5.15. The number of anilines is 2. The Balaban J connectivity index is 0.000000924. The highest BCUT2D eigenvalue weighted by Crippen LogP contribution is 2.24. The van der Waals surface area contributed by atoms with Gasteiger partial charge in [-0.1, -0.05) is 13.8 Å². The fraction of sp³-hybridized carbons (Fsp3) is 0.353. The Morgan fingerprint density at radius 3 is 2.74 bits per heavy atom. The maximum absolute atomic E-state index is 10.8. The summed E-state index contributed by atoms with van der Waals surface area (Å²) in [4.78, 5) is 14.8. The second-order valence-corrected chi connectivity index (χ2v) is 5.15. The summed E-state index contributed by atoms with van der Waals surface area (Å²) in [5.74, 6) is 0.755. The molecule has 0 aliphatic carbocycles. The molecule has 1 aromatic heterocycles. The normalized spacial score (nSPS) is 12.7. The van der Waals surface area contributed by atoms with Crippen LogP contribution in [0.2, 0.25) is 0 Å². The molecule has 0 spiro atoms. The molecular weight excluding hydrogens is 292 g/mol. The molecule has 0 atom stereocenters. The van der Waals surface area contributed by atoms with Crippen LogP contribution in [-0.2, 0) is 13.0 Å². The molecule has 0 unspecified atom stereocenters. The molecule has 6 nitrogen and oxygen atoms in total. The standard InChI is InChI=1S/C15H16N4O2.C2H6/c1-10-6-13(2-3-14(10)19(20)21)18-15-7-12-8-16-5-4-11(12)9-17-15;1-2/h2-3,6-7,9,16H,4-5,8H2,1H3,(H,17,18);1-2H3. The number of fused-ring (bicyclic) bond motifs is 1. The van der Waals surface area contributed by atoms with E-state index in [-0.39, 0.29) is 10.6 Å². The lowest BCUT2D eigenvalue weighted by Crippen LogP contribution is -2.23. The predicted octanol–water partition coefficient (Wildman–Crippen LogP) is 3.71. The van der Waals surface area contributed by atoms with Gasteiger partial charge in [-0.3, -0.25) is 10.1 Å². The minimum absolute atomic E-state index is 0.128. The first-order valence-electron chi connectivity index (χ1n) is 7.84. The van der Waals surface area contributed by atoms with E-state index in [2.05, 4.69) is 15.6 Å². The molecule has 0 amide bonds. The van der Waals surface area contributed by atoms with Crippen LogP contribution < -0.4 is 10.6 Å². The highest BCUT2D eigenvalue weighted by atomic mass is 16.6. The number of nitrogens with zero attached hydrogens (tertiary/aromatic N) is 2. The summed E-state index contributed by atoms with van der Waals surface area (Å²) in [6.07, 6.45) is 2.90. The van der Waals surface area contributed by atoms with Crippen LogP contribution in [0.15, 0.2) is 30.5 Å². The molecule has 3 rings (SSSR count). The SMILES string of the molecule is CC.Cc1cc(Nc2cc3c(cn2)CCNC3)ccc1[N+](=O)[O-]. The van der Waals surface area contributed by atoms with Crippen LogP contribution in [0.4, 0.5) is 17.2 Å². The number of nitro benzene ring substituents is 1. The third-order valence-electron chi connectivity index (χ3n) is 3.64. The van der Waals surface area contributed by atoms with E-state index in [1.165, 1.54) is 17.2 Å². The van der Waals surface area contributed by atoms with Crippen molar-refractivity contribution in [1.82, 2.24) is 10.3 Å². The number of nitrogens with one attached hydrogen (secondary N) is 2. The molecule has 0 fully saturated rings. The van der Waals surface area contributed by atoms with E-state index >= 15 is 0 Å². The number of rotatable bonds is 3. The molecule has 23 heavy (non-hydrogen) atoms. The van der Waals surface area contributed by atoms with E-state index in [1.807, 2.05) is 26.1 Å². The molecule has 0 saturated carbocycles. The molecular formula is C17H22N4O2. The van der Waals surface area contributed by atoms with Crippen LogP contribution in [-0.4, -0.2) is 16.5 Å². The maximum atomic E-state index is 10.8. The zero-order chi connectivity index (χ0) is 16.8. The molecule has 1 aliphatic rings. The first-order valence-corrected chi connectivity index (χ1v) is 7.84. The van der Waals surface area contributed by atoms with Crippen LogP contribution in [0, 0.1) is 17.0 Å². The van der Waals surface area contributed by atoms with Crippen molar-refractivity contribution in [3.8, 4) is 0 Å². The van der Waals surface area contributed by atoms with Gasteiger partial charge in [0.1, 0.15) is 5.82 Å². The average molecular weight is 314 g/mol. The van der Waals surface area contributed by atoms with Crippen molar-refractivity contribution in [2.24, 2.45) is 0 Å². The van der Waals surface area contributed by atoms with E-state index in [4.69, 9.17) is 0 Å². The summed E-state index contributed by atoms with van der Waals surface area (Å²) in [5.41, 5.74) is 4.08. The van der Waals surface area contributed by atoms with Gasteiger partial charge in [0.2, 0.25) is 0 Å². The number of nitro groups is 1. The number of aryl methyl sites for hydroxylation is 1. The molecule has 2 aromatic rings. The summed E-state index contributed by atoms with van der Waals surface area (Å²) in [6, 6.07) is 7.00. The van der Waals surface area contributed by atoms with E-state index in [0.717, 1.165) is 31.0 Å². The first-order chi connectivity index (χ1) is 11.1. The summed E-state index contributed by atoms with van der Waals surface area (Å²) in [5, 5.41) is 17.3. The molecule has 0 bridgehead atoms. The summed E-state index contributed by atoms with van der Waals surface area (Å²) in [7, 11) is 0. The summed E-state index contributed by atoms with van der Waals surface area (Å²) in [6.45, 7) is 7.57. The van der Waals surface area contributed by atoms with Gasteiger partial charge < -0.3 is 10.6 Å². The molecule has 0 saturated heterocycles. The number of hydrogen-bond acceptors (Lipinski definition) is 5. The van der Waals surface area contributed by atoms with Gasteiger partial charge in [-0.05, 0) is 49.2 Å². The Kier molecular flexibility index (Phi) is 5.65. The Bertz CT molecular complexity index is 701. The molecule has 0 radical (unpaired) electrons. The van der Waals surface area contributed by atoms with Gasteiger partial charge in [0.15, 0.2) is 0 Å². The summed E-state index contributed by atoms with van der Waals surface area (Å²) < 4.78 is 0. The molecule has 1 aliphatic heterocycles. The van der Waals surface area contributed by atoms with Gasteiger partial charge in [-0.25, -0.2) is 4.98 Å². The van der Waals surface area contributed by atoms with Gasteiger partial charge in [-0.15, -0.1) is 0 Å². The number of hydrogen-bond donors (Lipinski definition) is 2. The lowest BCUT2D eigenvalue weighted by molar-refractivity contribution is -0.385. The van der Waals surface area contributed by atoms with Crippen molar-refractivity contribution >= 4 is 17.2 Å². The Morgan fingerprint density at radius 1 is 1.26 bits per heavy atom. The highest BCUT2D eigenvalue weighted by molar-refractivity contribution is 5.61. The van der Waals surface area contributed by atoms with Gasteiger partial charge in [-0.2, -0.15) is 0 Å². The summed E-state index contributed by atoms with van der Waals surface area (Å²) >= 11 is 0.